The molecule has 0 saturated heterocycles. The van der Waals surface area contributed by atoms with Gasteiger partial charge in [-0.2, -0.15) is 10.2 Å². The molecular weight excluding hydrogens is 484 g/mol. The summed E-state index contributed by atoms with van der Waals surface area (Å²) in [5.74, 6) is 0. The quantitative estimate of drug-likeness (QED) is 0.324. The van der Waals surface area contributed by atoms with E-state index in [9.17, 15) is 0 Å². The van der Waals surface area contributed by atoms with Crippen LogP contribution in [0.4, 0.5) is 0 Å². The zero-order chi connectivity index (χ0) is 16.8. The summed E-state index contributed by atoms with van der Waals surface area (Å²) in [6.45, 7) is 4.00. The van der Waals surface area contributed by atoms with E-state index >= 15 is 0 Å². The summed E-state index contributed by atoms with van der Waals surface area (Å²) in [5.41, 5.74) is 3.83. The standard InChI is InChI=1S/C20H13N2.C2H6.Ir/c1-3-9-15(10-4-1)19-17-13-7-8-14-18(17)20(22-21-19)16-11-5-2-6-12-16;1-2;/h1-11,13-14H;1-2H3;/q-1;;. The van der Waals surface area contributed by atoms with Gasteiger partial charge in [0, 0.05) is 36.7 Å². The second kappa shape index (κ2) is 9.22. The molecule has 4 rings (SSSR count). The van der Waals surface area contributed by atoms with Gasteiger partial charge in [0.1, 0.15) is 0 Å². The Morgan fingerprint density at radius 3 is 1.84 bits per heavy atom. The van der Waals surface area contributed by atoms with Crippen LogP contribution in [0.25, 0.3) is 33.3 Å². The zero-order valence-electron chi connectivity index (χ0n) is 14.2. The summed E-state index contributed by atoms with van der Waals surface area (Å²) in [6.07, 6.45) is 0. The van der Waals surface area contributed by atoms with E-state index in [0.717, 1.165) is 33.3 Å². The molecule has 1 heterocycles. The molecule has 0 aliphatic carbocycles. The molecule has 3 heteroatoms. The first-order chi connectivity index (χ1) is 11.9. The van der Waals surface area contributed by atoms with Crippen molar-refractivity contribution in [2.75, 3.05) is 0 Å². The topological polar surface area (TPSA) is 25.8 Å². The van der Waals surface area contributed by atoms with Gasteiger partial charge in [0.15, 0.2) is 0 Å². The van der Waals surface area contributed by atoms with Crippen LogP contribution in [0.2, 0.25) is 0 Å². The van der Waals surface area contributed by atoms with Crippen molar-refractivity contribution in [3.05, 3.63) is 84.9 Å². The molecule has 1 radical (unpaired) electrons. The Morgan fingerprint density at radius 1 is 0.640 bits per heavy atom. The molecule has 0 aliphatic heterocycles. The van der Waals surface area contributed by atoms with Crippen LogP contribution in [0.15, 0.2) is 78.9 Å². The predicted molar refractivity (Wildman–Crippen MR) is 101 cm³/mol. The Kier molecular flexibility index (Phi) is 7.00. The normalized spacial score (nSPS) is 9.68. The summed E-state index contributed by atoms with van der Waals surface area (Å²) >= 11 is 0. The number of nitrogens with zero attached hydrogens (tertiary/aromatic N) is 2. The number of aromatic nitrogens is 2. The van der Waals surface area contributed by atoms with Crippen molar-refractivity contribution in [2.45, 2.75) is 13.8 Å². The minimum Gasteiger partial charge on any atom is -0.200 e. The Morgan fingerprint density at radius 2 is 1.20 bits per heavy atom. The number of benzene rings is 3. The molecule has 0 spiro atoms. The van der Waals surface area contributed by atoms with Crippen LogP contribution >= 0.6 is 0 Å². The van der Waals surface area contributed by atoms with Crippen molar-refractivity contribution in [1.29, 1.82) is 0 Å². The van der Waals surface area contributed by atoms with Crippen LogP contribution < -0.4 is 0 Å². The maximum absolute atomic E-state index is 4.48. The van der Waals surface area contributed by atoms with Crippen molar-refractivity contribution < 1.29 is 20.1 Å². The van der Waals surface area contributed by atoms with Crippen LogP contribution in [-0.4, -0.2) is 10.2 Å². The largest absolute Gasteiger partial charge is 0.200 e. The van der Waals surface area contributed by atoms with Gasteiger partial charge in [-0.1, -0.05) is 68.4 Å². The molecule has 127 valence electrons. The zero-order valence-corrected chi connectivity index (χ0v) is 16.6. The summed E-state index contributed by atoms with van der Waals surface area (Å²) in [7, 11) is 0. The predicted octanol–water partition coefficient (Wildman–Crippen LogP) is 5.79. The monoisotopic (exact) mass is 504 g/mol. The SMILES string of the molecule is CC.[Ir].[c-]1ccccc1-c1nnc(-c2ccccc2)c2ccccc12. The van der Waals surface area contributed by atoms with Crippen molar-refractivity contribution in [1.82, 2.24) is 10.2 Å². The average molecular weight is 504 g/mol. The van der Waals surface area contributed by atoms with Gasteiger partial charge in [-0.25, -0.2) is 0 Å². The summed E-state index contributed by atoms with van der Waals surface area (Å²) < 4.78 is 0. The fourth-order valence-electron chi connectivity index (χ4n) is 2.65. The molecule has 3 aromatic carbocycles. The van der Waals surface area contributed by atoms with E-state index in [4.69, 9.17) is 0 Å². The van der Waals surface area contributed by atoms with E-state index in [1.807, 2.05) is 68.4 Å². The van der Waals surface area contributed by atoms with Crippen molar-refractivity contribution in [2.24, 2.45) is 0 Å². The molecule has 25 heavy (non-hydrogen) atoms. The Labute approximate surface area is 162 Å². The van der Waals surface area contributed by atoms with Crippen LogP contribution in [-0.2, 0) is 20.1 Å². The first kappa shape index (κ1) is 19.0. The van der Waals surface area contributed by atoms with Crippen molar-refractivity contribution in [3.8, 4) is 22.5 Å². The number of hydrogen-bond acceptors (Lipinski definition) is 2. The third kappa shape index (κ3) is 4.01. The van der Waals surface area contributed by atoms with E-state index in [1.54, 1.807) is 0 Å². The molecule has 0 unspecified atom stereocenters. The smallest absolute Gasteiger partial charge is 0.0990 e. The van der Waals surface area contributed by atoms with Crippen LogP contribution in [0.1, 0.15) is 13.8 Å². The summed E-state index contributed by atoms with van der Waals surface area (Å²) in [4.78, 5) is 0. The first-order valence-electron chi connectivity index (χ1n) is 8.21. The molecule has 0 saturated carbocycles. The molecule has 0 fully saturated rings. The van der Waals surface area contributed by atoms with Crippen molar-refractivity contribution >= 4 is 10.8 Å². The van der Waals surface area contributed by atoms with Gasteiger partial charge in [0.05, 0.1) is 5.69 Å². The minimum absolute atomic E-state index is 0. The third-order valence-corrected chi connectivity index (χ3v) is 3.70. The van der Waals surface area contributed by atoms with Gasteiger partial charge in [0.25, 0.3) is 0 Å². The average Bonchev–Trinajstić information content (AvgIpc) is 2.70. The molecule has 0 amide bonds. The molecule has 1 aromatic heterocycles. The van der Waals surface area contributed by atoms with Crippen LogP contribution in [0.3, 0.4) is 0 Å². The Hall–Kier alpha value is -2.35. The Bertz CT molecular complexity index is 844. The maximum Gasteiger partial charge on any atom is 0.0990 e. The van der Waals surface area contributed by atoms with Gasteiger partial charge in [-0.05, 0) is 5.39 Å². The molecule has 0 bridgehead atoms. The van der Waals surface area contributed by atoms with Crippen LogP contribution in [0.5, 0.6) is 0 Å². The molecule has 0 atom stereocenters. The number of rotatable bonds is 2. The fraction of sp³-hybridized carbons (Fsp3) is 0.0909. The molecule has 0 N–H and O–H groups in total. The van der Waals surface area contributed by atoms with Gasteiger partial charge in [0.2, 0.25) is 0 Å². The Balaban J connectivity index is 0.000000726. The minimum atomic E-state index is 0. The van der Waals surface area contributed by atoms with Gasteiger partial charge in [-0.3, -0.25) is 0 Å². The molecule has 4 aromatic rings. The van der Waals surface area contributed by atoms with Gasteiger partial charge < -0.3 is 0 Å². The first-order valence-corrected chi connectivity index (χ1v) is 8.21. The molecular formula is C22H19IrN2-. The van der Waals surface area contributed by atoms with E-state index < -0.39 is 0 Å². The van der Waals surface area contributed by atoms with Crippen molar-refractivity contribution in [3.63, 3.8) is 0 Å². The second-order valence-corrected chi connectivity index (χ2v) is 5.09. The van der Waals surface area contributed by atoms with E-state index in [-0.39, 0.29) is 20.1 Å². The second-order valence-electron chi connectivity index (χ2n) is 5.09. The summed E-state index contributed by atoms with van der Waals surface area (Å²) in [5, 5.41) is 11.2. The summed E-state index contributed by atoms with van der Waals surface area (Å²) in [6, 6.07) is 29.5. The van der Waals surface area contributed by atoms with Gasteiger partial charge in [-0.15, -0.1) is 35.9 Å². The van der Waals surface area contributed by atoms with Crippen LogP contribution in [0, 0.1) is 6.07 Å². The molecule has 2 nitrogen and oxygen atoms in total. The van der Waals surface area contributed by atoms with E-state index in [1.165, 1.54) is 0 Å². The number of hydrogen-bond donors (Lipinski definition) is 0. The van der Waals surface area contributed by atoms with E-state index in [0.29, 0.717) is 0 Å². The molecule has 0 aliphatic rings. The van der Waals surface area contributed by atoms with Gasteiger partial charge >= 0.3 is 0 Å². The number of fused-ring (bicyclic) bond motifs is 1. The maximum atomic E-state index is 4.48. The third-order valence-electron chi connectivity index (χ3n) is 3.70. The fourth-order valence-corrected chi connectivity index (χ4v) is 2.65. The van der Waals surface area contributed by atoms with E-state index in [2.05, 4.69) is 40.5 Å².